The third-order valence-corrected chi connectivity index (χ3v) is 13.9. The van der Waals surface area contributed by atoms with Gasteiger partial charge in [-0.1, -0.05) is 105 Å². The quantitative estimate of drug-likeness (QED) is 0.115. The highest BCUT2D eigenvalue weighted by molar-refractivity contribution is 6.32. The van der Waals surface area contributed by atoms with E-state index >= 15 is 0 Å². The number of anilines is 6. The molecule has 0 amide bonds. The maximum absolute atomic E-state index is 6.53. The molecule has 0 bridgehead atoms. The van der Waals surface area contributed by atoms with Gasteiger partial charge in [0.05, 0.1) is 59.4 Å². The molecule has 4 heterocycles. The number of halogens is 2. The number of nitrogens with zero attached hydrogens (tertiary/aromatic N) is 6. The molecule has 4 N–H and O–H groups in total. The average Bonchev–Trinajstić information content (AvgIpc) is 3.98. The van der Waals surface area contributed by atoms with Crippen molar-refractivity contribution in [3.05, 3.63) is 153 Å². The molecule has 2 aromatic heterocycles. The van der Waals surface area contributed by atoms with Crippen LogP contribution < -0.4 is 35.6 Å². The van der Waals surface area contributed by atoms with E-state index in [9.17, 15) is 0 Å². The van der Waals surface area contributed by atoms with Crippen molar-refractivity contribution in [3.63, 3.8) is 0 Å². The number of nitrogens with two attached hydrogens (primary N) is 1. The minimum atomic E-state index is 0.298. The van der Waals surface area contributed by atoms with Gasteiger partial charge >= 0.3 is 0 Å². The van der Waals surface area contributed by atoms with Gasteiger partial charge in [0.15, 0.2) is 0 Å². The third-order valence-electron chi connectivity index (χ3n) is 13.3. The second kappa shape index (κ2) is 20.6. The molecule has 0 unspecified atom stereocenters. The van der Waals surface area contributed by atoms with Crippen LogP contribution in [0.2, 0.25) is 10.0 Å². The normalized spacial score (nSPS) is 16.0. The highest BCUT2D eigenvalue weighted by Gasteiger charge is 2.26. The summed E-state index contributed by atoms with van der Waals surface area (Å²) < 4.78 is 11.4. The number of aromatic nitrogens is 4. The summed E-state index contributed by atoms with van der Waals surface area (Å²) in [6, 6.07) is 29.5. The monoisotopic (exact) mass is 949 g/mol. The standard InChI is InChI=1S/C30H35ClN4O.C25H26ClN5O/c1-30(2,3)18-20-13-15-35(16-14-20)22-10-12-26(27(17-22)36-4)33-29-32-19-25(31)28(34-29)24-11-9-21-7-5-6-8-23(21)24;1-32-23-14-18(31-12-10-17(27)11-13-31)7-9-22(23)29-25-28-15-21(26)24(30-25)20-8-6-16-4-2-3-5-19(16)20/h5-8,10-12,17,19-20H,9,13-16,18H2,1-4H3,(H,32,33,34);2-5,7-9,14-15,17H,6,10-13,27H2,1H3,(H,28,29,30). The Kier molecular flexibility index (Phi) is 14.2. The van der Waals surface area contributed by atoms with Crippen LogP contribution in [0.15, 0.2) is 109 Å². The van der Waals surface area contributed by atoms with E-state index in [4.69, 9.17) is 48.4 Å². The van der Waals surface area contributed by atoms with Gasteiger partial charge in [0, 0.05) is 66.9 Å². The molecule has 352 valence electrons. The highest BCUT2D eigenvalue weighted by atomic mass is 35.5. The Bertz CT molecular complexity index is 2830. The average molecular weight is 951 g/mol. The van der Waals surface area contributed by atoms with Gasteiger partial charge in [0.2, 0.25) is 11.9 Å². The summed E-state index contributed by atoms with van der Waals surface area (Å²) in [4.78, 5) is 23.2. The number of hydrogen-bond donors (Lipinski definition) is 3. The van der Waals surface area contributed by atoms with Crippen LogP contribution in [-0.4, -0.2) is 66.4 Å². The predicted octanol–water partition coefficient (Wildman–Crippen LogP) is 12.3. The highest BCUT2D eigenvalue weighted by Crippen LogP contribution is 2.40. The number of hydrogen-bond acceptors (Lipinski definition) is 11. The van der Waals surface area contributed by atoms with Crippen LogP contribution in [0, 0.1) is 11.3 Å². The van der Waals surface area contributed by atoms with Gasteiger partial charge in [-0.15, -0.1) is 0 Å². The largest absolute Gasteiger partial charge is 0.494 e. The van der Waals surface area contributed by atoms with E-state index in [1.165, 1.54) is 47.2 Å². The van der Waals surface area contributed by atoms with Gasteiger partial charge in [-0.25, -0.2) is 19.9 Å². The first kappa shape index (κ1) is 46.9. The minimum absolute atomic E-state index is 0.298. The second-order valence-corrected chi connectivity index (χ2v) is 20.1. The molecule has 6 aromatic rings. The molecule has 2 aliphatic heterocycles. The maximum Gasteiger partial charge on any atom is 0.227 e. The summed E-state index contributed by atoms with van der Waals surface area (Å²) in [5.74, 6) is 3.29. The van der Waals surface area contributed by atoms with Crippen molar-refractivity contribution in [2.24, 2.45) is 17.1 Å². The van der Waals surface area contributed by atoms with Crippen LogP contribution >= 0.6 is 23.2 Å². The first-order chi connectivity index (χ1) is 32.9. The molecule has 0 saturated carbocycles. The summed E-state index contributed by atoms with van der Waals surface area (Å²) in [6.07, 6.45) is 15.2. The first-order valence-electron chi connectivity index (χ1n) is 23.7. The topological polar surface area (TPSA) is 127 Å². The van der Waals surface area contributed by atoms with Crippen LogP contribution in [0.25, 0.3) is 11.1 Å². The molecular formula is C55H61Cl2N9O2. The van der Waals surface area contributed by atoms with Crippen molar-refractivity contribution in [2.75, 3.05) is 60.8 Å². The van der Waals surface area contributed by atoms with E-state index in [0.29, 0.717) is 33.4 Å². The molecular weight excluding hydrogens is 890 g/mol. The number of methoxy groups -OCH3 is 2. The van der Waals surface area contributed by atoms with Crippen LogP contribution in [0.1, 0.15) is 86.5 Å². The Labute approximate surface area is 410 Å². The first-order valence-corrected chi connectivity index (χ1v) is 24.5. The maximum atomic E-state index is 6.53. The molecule has 10 rings (SSSR count). The van der Waals surface area contributed by atoms with Crippen molar-refractivity contribution in [3.8, 4) is 11.5 Å². The summed E-state index contributed by atoms with van der Waals surface area (Å²) in [5, 5.41) is 7.73. The van der Waals surface area contributed by atoms with Gasteiger partial charge in [0.1, 0.15) is 11.5 Å². The minimum Gasteiger partial charge on any atom is -0.494 e. The van der Waals surface area contributed by atoms with E-state index < -0.39 is 0 Å². The lowest BCUT2D eigenvalue weighted by Gasteiger charge is -2.36. The Morgan fingerprint density at radius 2 is 1.07 bits per heavy atom. The molecule has 2 saturated heterocycles. The second-order valence-electron chi connectivity index (χ2n) is 19.3. The number of piperidine rings is 2. The number of fused-ring (bicyclic) bond motifs is 2. The van der Waals surface area contributed by atoms with Gasteiger partial charge in [-0.2, -0.15) is 0 Å². The zero-order valence-corrected chi connectivity index (χ0v) is 41.2. The van der Waals surface area contributed by atoms with Crippen molar-refractivity contribution in [2.45, 2.75) is 71.8 Å². The Morgan fingerprint density at radius 1 is 0.632 bits per heavy atom. The summed E-state index contributed by atoms with van der Waals surface area (Å²) in [7, 11) is 3.37. The zero-order valence-electron chi connectivity index (χ0n) is 39.7. The van der Waals surface area contributed by atoms with Crippen molar-refractivity contribution in [1.29, 1.82) is 0 Å². The summed E-state index contributed by atoms with van der Waals surface area (Å²) in [5.41, 5.74) is 18.9. The van der Waals surface area contributed by atoms with Gasteiger partial charge in [0.25, 0.3) is 0 Å². The number of allylic oxidation sites excluding steroid dienone is 2. The lowest BCUT2D eigenvalue weighted by molar-refractivity contribution is 0.258. The van der Waals surface area contributed by atoms with Crippen LogP contribution in [-0.2, 0) is 12.8 Å². The number of rotatable bonds is 11. The van der Waals surface area contributed by atoms with E-state index in [2.05, 4.69) is 124 Å². The molecule has 2 aliphatic carbocycles. The van der Waals surface area contributed by atoms with Crippen LogP contribution in [0.4, 0.5) is 34.6 Å². The predicted molar refractivity (Wildman–Crippen MR) is 280 cm³/mol. The molecule has 4 aliphatic rings. The zero-order chi connectivity index (χ0) is 47.4. The van der Waals surface area contributed by atoms with E-state index in [-0.39, 0.29) is 0 Å². The van der Waals surface area contributed by atoms with Crippen LogP contribution in [0.5, 0.6) is 11.5 Å². The third kappa shape index (κ3) is 10.8. The fourth-order valence-corrected chi connectivity index (χ4v) is 10.3. The molecule has 11 nitrogen and oxygen atoms in total. The Morgan fingerprint density at radius 3 is 1.51 bits per heavy atom. The Balaban J connectivity index is 0.000000171. The lowest BCUT2D eigenvalue weighted by Crippen LogP contribution is -2.39. The molecule has 68 heavy (non-hydrogen) atoms. The molecule has 13 heteroatoms. The number of ether oxygens (including phenoxy) is 2. The fraction of sp³-hybridized carbons (Fsp3) is 0.345. The Hall–Kier alpha value is -6.14. The van der Waals surface area contributed by atoms with E-state index in [0.717, 1.165) is 109 Å². The lowest BCUT2D eigenvalue weighted by atomic mass is 9.80. The van der Waals surface area contributed by atoms with Crippen molar-refractivity contribution < 1.29 is 9.47 Å². The molecule has 0 radical (unpaired) electrons. The van der Waals surface area contributed by atoms with Gasteiger partial charge in [-0.3, -0.25) is 0 Å². The summed E-state index contributed by atoms with van der Waals surface area (Å²) >= 11 is 13.0. The van der Waals surface area contributed by atoms with E-state index in [1.54, 1.807) is 26.6 Å². The molecule has 0 spiro atoms. The van der Waals surface area contributed by atoms with Crippen molar-refractivity contribution >= 4 is 69.0 Å². The van der Waals surface area contributed by atoms with Gasteiger partial charge < -0.3 is 35.6 Å². The van der Waals surface area contributed by atoms with Crippen LogP contribution in [0.3, 0.4) is 0 Å². The molecule has 0 atom stereocenters. The number of nitrogens with one attached hydrogen (secondary N) is 2. The smallest absolute Gasteiger partial charge is 0.227 e. The molecule has 2 fully saturated rings. The van der Waals surface area contributed by atoms with E-state index in [1.807, 2.05) is 24.3 Å². The SMILES string of the molecule is COc1cc(N2CCC(CC(C)(C)C)CC2)ccc1Nc1ncc(Cl)c(C2=CCc3ccccc32)n1.COc1cc(N2CCC(N)CC2)ccc1Nc1ncc(Cl)c(C2=CCc3ccccc32)n1. The fourth-order valence-electron chi connectivity index (χ4n) is 9.87. The van der Waals surface area contributed by atoms with Crippen molar-refractivity contribution in [1.82, 2.24) is 19.9 Å². The van der Waals surface area contributed by atoms with Gasteiger partial charge in [-0.05, 0) is 103 Å². The number of benzene rings is 4. The molecule has 4 aromatic carbocycles. The summed E-state index contributed by atoms with van der Waals surface area (Å²) in [6.45, 7) is 11.1.